The minimum atomic E-state index is 0.373. The van der Waals surface area contributed by atoms with Gasteiger partial charge in [-0.15, -0.1) is 11.3 Å². The van der Waals surface area contributed by atoms with Crippen LogP contribution in [-0.2, 0) is 12.8 Å². The fraction of sp³-hybridized carbons (Fsp3) is 0.462. The predicted octanol–water partition coefficient (Wildman–Crippen LogP) is 3.62. The first-order chi connectivity index (χ1) is 8.18. The summed E-state index contributed by atoms with van der Waals surface area (Å²) in [7, 11) is 0. The molecule has 2 heterocycles. The molecular weight excluding hydrogens is 232 g/mol. The Labute approximate surface area is 106 Å². The number of nitrogens with two attached hydrogens (primary N) is 1. The quantitative estimate of drug-likeness (QED) is 0.881. The molecule has 92 valence electrons. The van der Waals surface area contributed by atoms with Crippen LogP contribution in [0.2, 0.25) is 0 Å². The third-order valence-electron chi connectivity index (χ3n) is 2.82. The molecule has 0 aliphatic carbocycles. The van der Waals surface area contributed by atoms with E-state index in [2.05, 4.69) is 36.5 Å². The molecule has 4 heteroatoms. The van der Waals surface area contributed by atoms with E-state index >= 15 is 0 Å². The van der Waals surface area contributed by atoms with Gasteiger partial charge in [-0.3, -0.25) is 0 Å². The number of rotatable bonds is 5. The van der Waals surface area contributed by atoms with Crippen LogP contribution in [0.4, 0.5) is 5.82 Å². The molecule has 0 bridgehead atoms. The van der Waals surface area contributed by atoms with Gasteiger partial charge in [0.25, 0.3) is 0 Å². The number of thiophene rings is 1. The van der Waals surface area contributed by atoms with Crippen LogP contribution in [0.25, 0.3) is 0 Å². The molecule has 2 rings (SSSR count). The molecule has 2 aromatic rings. The van der Waals surface area contributed by atoms with E-state index in [1.54, 1.807) is 11.3 Å². The number of hydrogen-bond acceptors (Lipinski definition) is 4. The molecule has 0 radical (unpaired) electrons. The predicted molar refractivity (Wildman–Crippen MR) is 71.3 cm³/mol. The van der Waals surface area contributed by atoms with Gasteiger partial charge >= 0.3 is 0 Å². The summed E-state index contributed by atoms with van der Waals surface area (Å²) in [6.07, 6.45) is 3.08. The zero-order valence-electron chi connectivity index (χ0n) is 10.3. The summed E-state index contributed by atoms with van der Waals surface area (Å²) in [6, 6.07) is 4.26. The second kappa shape index (κ2) is 5.36. The first kappa shape index (κ1) is 12.2. The smallest absolute Gasteiger partial charge is 0.170 e. The zero-order chi connectivity index (χ0) is 12.3. The summed E-state index contributed by atoms with van der Waals surface area (Å²) in [5, 5.41) is 5.97. The van der Waals surface area contributed by atoms with Gasteiger partial charge in [0, 0.05) is 16.9 Å². The van der Waals surface area contributed by atoms with Crippen molar-refractivity contribution in [2.24, 2.45) is 0 Å². The highest BCUT2D eigenvalue weighted by atomic mass is 32.1. The number of nitrogens with zero attached hydrogens (tertiary/aromatic N) is 1. The van der Waals surface area contributed by atoms with Crippen LogP contribution in [0.15, 0.2) is 22.0 Å². The Balaban J connectivity index is 1.95. The highest BCUT2D eigenvalue weighted by Crippen LogP contribution is 2.26. The SMILES string of the molecule is CC(C)c1c(N)noc1CCCc1cccs1. The van der Waals surface area contributed by atoms with Gasteiger partial charge in [0.05, 0.1) is 0 Å². The molecular formula is C13H18N2OS. The molecule has 2 N–H and O–H groups in total. The van der Waals surface area contributed by atoms with Crippen molar-refractivity contribution in [1.29, 1.82) is 0 Å². The maximum absolute atomic E-state index is 5.81. The number of aromatic nitrogens is 1. The second-order valence-corrected chi connectivity index (χ2v) is 5.52. The van der Waals surface area contributed by atoms with E-state index in [0.717, 1.165) is 30.6 Å². The lowest BCUT2D eigenvalue weighted by atomic mass is 10.0. The molecule has 3 nitrogen and oxygen atoms in total. The fourth-order valence-electron chi connectivity index (χ4n) is 2.02. The summed E-state index contributed by atoms with van der Waals surface area (Å²) in [4.78, 5) is 1.42. The lowest BCUT2D eigenvalue weighted by Gasteiger charge is -2.04. The number of nitrogen functional groups attached to an aromatic ring is 1. The first-order valence-electron chi connectivity index (χ1n) is 5.94. The van der Waals surface area contributed by atoms with E-state index in [-0.39, 0.29) is 0 Å². The van der Waals surface area contributed by atoms with Crippen LogP contribution < -0.4 is 5.73 Å². The standard InChI is InChI=1S/C13H18N2OS/c1-9(2)12-11(16-15-13(12)14)7-3-5-10-6-4-8-17-10/h4,6,8-9H,3,5,7H2,1-2H3,(H2,14,15). The van der Waals surface area contributed by atoms with Gasteiger partial charge < -0.3 is 10.3 Å². The minimum absolute atomic E-state index is 0.373. The topological polar surface area (TPSA) is 52.0 Å². The Kier molecular flexibility index (Phi) is 3.84. The van der Waals surface area contributed by atoms with E-state index in [4.69, 9.17) is 10.3 Å². The van der Waals surface area contributed by atoms with Crippen molar-refractivity contribution in [2.45, 2.75) is 39.0 Å². The minimum Gasteiger partial charge on any atom is -0.381 e. The summed E-state index contributed by atoms with van der Waals surface area (Å²) < 4.78 is 5.30. The first-order valence-corrected chi connectivity index (χ1v) is 6.82. The number of anilines is 1. The Morgan fingerprint density at radius 3 is 2.88 bits per heavy atom. The highest BCUT2D eigenvalue weighted by molar-refractivity contribution is 7.09. The van der Waals surface area contributed by atoms with Crippen LogP contribution in [-0.4, -0.2) is 5.16 Å². The van der Waals surface area contributed by atoms with E-state index in [1.165, 1.54) is 4.88 Å². The van der Waals surface area contributed by atoms with Crippen molar-refractivity contribution < 1.29 is 4.52 Å². The molecule has 0 atom stereocenters. The van der Waals surface area contributed by atoms with Crippen molar-refractivity contribution in [3.05, 3.63) is 33.7 Å². The molecule has 0 aromatic carbocycles. The average Bonchev–Trinajstić information content (AvgIpc) is 2.88. The van der Waals surface area contributed by atoms with Gasteiger partial charge in [-0.25, -0.2) is 0 Å². The van der Waals surface area contributed by atoms with Gasteiger partial charge in [0.15, 0.2) is 5.82 Å². The summed E-state index contributed by atoms with van der Waals surface area (Å²) >= 11 is 1.80. The Hall–Kier alpha value is -1.29. The molecule has 2 aromatic heterocycles. The second-order valence-electron chi connectivity index (χ2n) is 4.49. The molecule has 0 unspecified atom stereocenters. The molecule has 0 saturated carbocycles. The third kappa shape index (κ3) is 2.88. The Morgan fingerprint density at radius 2 is 2.24 bits per heavy atom. The van der Waals surface area contributed by atoms with Gasteiger partial charge in [0.1, 0.15) is 5.76 Å². The largest absolute Gasteiger partial charge is 0.381 e. The van der Waals surface area contributed by atoms with E-state index < -0.39 is 0 Å². The van der Waals surface area contributed by atoms with Crippen molar-refractivity contribution in [3.63, 3.8) is 0 Å². The van der Waals surface area contributed by atoms with Gasteiger partial charge in [0.2, 0.25) is 0 Å². The van der Waals surface area contributed by atoms with Crippen molar-refractivity contribution in [2.75, 3.05) is 5.73 Å². The maximum Gasteiger partial charge on any atom is 0.170 e. The van der Waals surface area contributed by atoms with Crippen LogP contribution in [0.5, 0.6) is 0 Å². The Morgan fingerprint density at radius 1 is 1.41 bits per heavy atom. The molecule has 0 saturated heterocycles. The highest BCUT2D eigenvalue weighted by Gasteiger charge is 2.16. The maximum atomic E-state index is 5.81. The molecule has 0 aliphatic heterocycles. The lowest BCUT2D eigenvalue weighted by Crippen LogP contribution is -1.98. The van der Waals surface area contributed by atoms with Crippen molar-refractivity contribution >= 4 is 17.2 Å². The van der Waals surface area contributed by atoms with Gasteiger partial charge in [-0.2, -0.15) is 0 Å². The van der Waals surface area contributed by atoms with Crippen LogP contribution in [0.1, 0.15) is 42.4 Å². The third-order valence-corrected chi connectivity index (χ3v) is 3.75. The summed E-state index contributed by atoms with van der Waals surface area (Å²) in [5.41, 5.74) is 6.89. The van der Waals surface area contributed by atoms with Crippen LogP contribution in [0, 0.1) is 0 Å². The monoisotopic (exact) mass is 250 g/mol. The fourth-order valence-corrected chi connectivity index (χ4v) is 2.77. The summed E-state index contributed by atoms with van der Waals surface area (Å²) in [6.45, 7) is 4.23. The summed E-state index contributed by atoms with van der Waals surface area (Å²) in [5.74, 6) is 1.87. The molecule has 0 spiro atoms. The van der Waals surface area contributed by atoms with E-state index in [0.29, 0.717) is 11.7 Å². The van der Waals surface area contributed by atoms with Crippen LogP contribution >= 0.6 is 11.3 Å². The molecule has 0 fully saturated rings. The van der Waals surface area contributed by atoms with E-state index in [1.807, 2.05) is 0 Å². The van der Waals surface area contributed by atoms with Crippen LogP contribution in [0.3, 0.4) is 0 Å². The molecule has 17 heavy (non-hydrogen) atoms. The lowest BCUT2D eigenvalue weighted by molar-refractivity contribution is 0.380. The van der Waals surface area contributed by atoms with Crippen molar-refractivity contribution in [1.82, 2.24) is 5.16 Å². The zero-order valence-corrected chi connectivity index (χ0v) is 11.1. The van der Waals surface area contributed by atoms with Gasteiger partial charge in [-0.05, 0) is 30.2 Å². The number of aryl methyl sites for hydroxylation is 2. The van der Waals surface area contributed by atoms with E-state index in [9.17, 15) is 0 Å². The number of hydrogen-bond donors (Lipinski definition) is 1. The normalized spacial score (nSPS) is 11.2. The van der Waals surface area contributed by atoms with Crippen molar-refractivity contribution in [3.8, 4) is 0 Å². The molecule has 0 amide bonds. The average molecular weight is 250 g/mol. The Bertz CT molecular complexity index is 460. The van der Waals surface area contributed by atoms with Gasteiger partial charge in [-0.1, -0.05) is 25.1 Å². The molecule has 0 aliphatic rings.